The van der Waals surface area contributed by atoms with Crippen LogP contribution in [0.3, 0.4) is 0 Å². The Balaban J connectivity index is 1.70. The van der Waals surface area contributed by atoms with Gasteiger partial charge in [0.1, 0.15) is 5.82 Å². The number of aromatic nitrogens is 2. The zero-order valence-corrected chi connectivity index (χ0v) is 20.5. The molecule has 0 bridgehead atoms. The SMILES string of the molecule is Cc1ccc(C)c(-n2c(C)cc([C@@H]3[C@@H](c4ccccn4)NC(=S)N3c3ccc(F)cc3)c2C)c1. The number of hydrogen-bond acceptors (Lipinski definition) is 2. The van der Waals surface area contributed by atoms with Gasteiger partial charge >= 0.3 is 0 Å². The van der Waals surface area contributed by atoms with Crippen LogP contribution >= 0.6 is 12.2 Å². The molecule has 0 amide bonds. The van der Waals surface area contributed by atoms with Gasteiger partial charge in [-0.05, 0) is 105 Å². The van der Waals surface area contributed by atoms with Gasteiger partial charge in [-0.15, -0.1) is 0 Å². The Morgan fingerprint density at radius 3 is 2.41 bits per heavy atom. The molecule has 3 heterocycles. The van der Waals surface area contributed by atoms with E-state index in [0.717, 1.165) is 28.3 Å². The van der Waals surface area contributed by atoms with E-state index in [-0.39, 0.29) is 17.9 Å². The van der Waals surface area contributed by atoms with Crippen LogP contribution in [0.2, 0.25) is 0 Å². The van der Waals surface area contributed by atoms with Gasteiger partial charge in [-0.3, -0.25) is 4.98 Å². The molecule has 1 fully saturated rings. The molecule has 1 saturated heterocycles. The lowest BCUT2D eigenvalue weighted by molar-refractivity contribution is 0.565. The summed E-state index contributed by atoms with van der Waals surface area (Å²) >= 11 is 5.81. The maximum atomic E-state index is 13.7. The molecule has 5 rings (SSSR count). The van der Waals surface area contributed by atoms with Crippen molar-refractivity contribution in [3.8, 4) is 5.69 Å². The van der Waals surface area contributed by atoms with Gasteiger partial charge in [0.25, 0.3) is 0 Å². The number of halogens is 1. The predicted octanol–water partition coefficient (Wildman–Crippen LogP) is 6.42. The number of benzene rings is 2. The van der Waals surface area contributed by atoms with E-state index in [4.69, 9.17) is 12.2 Å². The Morgan fingerprint density at radius 2 is 1.71 bits per heavy atom. The molecule has 1 N–H and O–H groups in total. The number of nitrogens with one attached hydrogen (secondary N) is 1. The normalized spacial score (nSPS) is 17.8. The molecule has 4 nitrogen and oxygen atoms in total. The molecule has 0 aliphatic carbocycles. The van der Waals surface area contributed by atoms with Crippen LogP contribution in [0.15, 0.2) is 72.9 Å². The van der Waals surface area contributed by atoms with Crippen LogP contribution in [0.1, 0.15) is 45.9 Å². The summed E-state index contributed by atoms with van der Waals surface area (Å²) in [5, 5.41) is 4.09. The van der Waals surface area contributed by atoms with E-state index in [1.54, 1.807) is 18.3 Å². The van der Waals surface area contributed by atoms with E-state index in [9.17, 15) is 4.39 Å². The largest absolute Gasteiger partial charge is 0.351 e. The third kappa shape index (κ3) is 3.78. The van der Waals surface area contributed by atoms with E-state index in [0.29, 0.717) is 5.11 Å². The summed E-state index contributed by atoms with van der Waals surface area (Å²) in [4.78, 5) is 6.73. The van der Waals surface area contributed by atoms with Gasteiger partial charge in [0.2, 0.25) is 0 Å². The smallest absolute Gasteiger partial charge is 0.174 e. The minimum Gasteiger partial charge on any atom is -0.351 e. The Morgan fingerprint density at radius 1 is 0.941 bits per heavy atom. The van der Waals surface area contributed by atoms with Crippen molar-refractivity contribution in [2.75, 3.05) is 4.90 Å². The van der Waals surface area contributed by atoms with Crippen LogP contribution in [0.4, 0.5) is 10.1 Å². The van der Waals surface area contributed by atoms with Crippen molar-refractivity contribution in [1.82, 2.24) is 14.9 Å². The first-order chi connectivity index (χ1) is 16.3. The van der Waals surface area contributed by atoms with E-state index >= 15 is 0 Å². The molecule has 0 unspecified atom stereocenters. The highest BCUT2D eigenvalue weighted by Gasteiger charge is 2.42. The van der Waals surface area contributed by atoms with Crippen molar-refractivity contribution in [1.29, 1.82) is 0 Å². The van der Waals surface area contributed by atoms with Gasteiger partial charge < -0.3 is 14.8 Å². The lowest BCUT2D eigenvalue weighted by Crippen LogP contribution is -2.29. The fraction of sp³-hybridized carbons (Fsp3) is 0.214. The first-order valence-electron chi connectivity index (χ1n) is 11.4. The van der Waals surface area contributed by atoms with E-state index in [2.05, 4.69) is 71.7 Å². The standard InChI is InChI=1S/C28H27FN4S/c1-17-8-9-18(2)25(15-17)32-19(3)16-23(20(32)4)27-26(24-7-5-6-14-30-24)31-28(34)33(27)22-12-10-21(29)11-13-22/h5-16,26-27H,1-4H3,(H,31,34)/t26-,27-/m1/s1. The fourth-order valence-electron chi connectivity index (χ4n) is 4.97. The van der Waals surface area contributed by atoms with Crippen LogP contribution in [-0.4, -0.2) is 14.7 Å². The van der Waals surface area contributed by atoms with Gasteiger partial charge in [0.15, 0.2) is 5.11 Å². The van der Waals surface area contributed by atoms with Crippen LogP contribution < -0.4 is 10.2 Å². The highest BCUT2D eigenvalue weighted by Crippen LogP contribution is 2.43. The molecule has 2 aromatic heterocycles. The van der Waals surface area contributed by atoms with E-state index in [1.165, 1.54) is 28.9 Å². The molecule has 4 aromatic rings. The lowest BCUT2D eigenvalue weighted by atomic mass is 9.96. The average molecular weight is 471 g/mol. The van der Waals surface area contributed by atoms with Crippen molar-refractivity contribution < 1.29 is 4.39 Å². The average Bonchev–Trinajstić information content (AvgIpc) is 3.32. The zero-order chi connectivity index (χ0) is 24.0. The summed E-state index contributed by atoms with van der Waals surface area (Å²) in [6.45, 7) is 8.55. The summed E-state index contributed by atoms with van der Waals surface area (Å²) in [7, 11) is 0. The van der Waals surface area contributed by atoms with Gasteiger partial charge in [-0.25, -0.2) is 4.39 Å². The van der Waals surface area contributed by atoms with E-state index in [1.807, 2.05) is 18.2 Å². The van der Waals surface area contributed by atoms with Crippen molar-refractivity contribution >= 4 is 23.0 Å². The van der Waals surface area contributed by atoms with E-state index < -0.39 is 0 Å². The van der Waals surface area contributed by atoms with Crippen LogP contribution in [0.25, 0.3) is 5.69 Å². The second-order valence-electron chi connectivity index (χ2n) is 8.92. The molecule has 6 heteroatoms. The maximum Gasteiger partial charge on any atom is 0.174 e. The van der Waals surface area contributed by atoms with Crippen molar-refractivity contribution in [3.05, 3.63) is 113 Å². The number of aryl methyl sites for hydroxylation is 3. The number of nitrogens with zero attached hydrogens (tertiary/aromatic N) is 3. The summed E-state index contributed by atoms with van der Waals surface area (Å²) < 4.78 is 16.0. The molecule has 172 valence electrons. The zero-order valence-electron chi connectivity index (χ0n) is 19.7. The Kier molecular flexibility index (Phi) is 5.70. The highest BCUT2D eigenvalue weighted by atomic mass is 32.1. The molecule has 0 saturated carbocycles. The third-order valence-corrected chi connectivity index (χ3v) is 6.91. The number of hydrogen-bond donors (Lipinski definition) is 1. The molecule has 34 heavy (non-hydrogen) atoms. The summed E-state index contributed by atoms with van der Waals surface area (Å²) in [5.41, 5.74) is 8.83. The maximum absolute atomic E-state index is 13.7. The number of pyridine rings is 1. The van der Waals surface area contributed by atoms with Gasteiger partial charge in [0.05, 0.1) is 17.8 Å². The van der Waals surface area contributed by atoms with Crippen molar-refractivity contribution in [2.45, 2.75) is 39.8 Å². The molecule has 2 atom stereocenters. The first kappa shape index (κ1) is 22.3. The Bertz CT molecular complexity index is 1360. The fourth-order valence-corrected chi connectivity index (χ4v) is 5.31. The topological polar surface area (TPSA) is 33.1 Å². The van der Waals surface area contributed by atoms with Crippen LogP contribution in [0.5, 0.6) is 0 Å². The quantitative estimate of drug-likeness (QED) is 0.349. The molecular formula is C28H27FN4S. The predicted molar refractivity (Wildman–Crippen MR) is 139 cm³/mol. The van der Waals surface area contributed by atoms with Crippen molar-refractivity contribution in [3.63, 3.8) is 0 Å². The van der Waals surface area contributed by atoms with Gasteiger partial charge in [-0.2, -0.15) is 0 Å². The molecule has 1 aliphatic rings. The molecule has 0 radical (unpaired) electrons. The summed E-state index contributed by atoms with van der Waals surface area (Å²) in [6, 6.07) is 20.9. The monoisotopic (exact) mass is 470 g/mol. The summed E-state index contributed by atoms with van der Waals surface area (Å²) in [6.07, 6.45) is 1.80. The number of rotatable bonds is 4. The van der Waals surface area contributed by atoms with Crippen molar-refractivity contribution in [2.24, 2.45) is 0 Å². The molecule has 2 aromatic carbocycles. The Labute approximate surface area is 205 Å². The number of anilines is 1. The second kappa shape index (κ2) is 8.69. The highest BCUT2D eigenvalue weighted by molar-refractivity contribution is 7.80. The first-order valence-corrected chi connectivity index (χ1v) is 11.8. The molecular weight excluding hydrogens is 443 g/mol. The lowest BCUT2D eigenvalue weighted by Gasteiger charge is -2.28. The second-order valence-corrected chi connectivity index (χ2v) is 9.31. The van der Waals surface area contributed by atoms with Gasteiger partial charge in [0, 0.05) is 29.0 Å². The molecule has 1 aliphatic heterocycles. The summed E-state index contributed by atoms with van der Waals surface area (Å²) in [5.74, 6) is -0.271. The Hall–Kier alpha value is -3.51. The molecule has 0 spiro atoms. The number of thiocarbonyl (C=S) groups is 1. The van der Waals surface area contributed by atoms with Gasteiger partial charge in [-0.1, -0.05) is 18.2 Å². The minimum absolute atomic E-state index is 0.141. The van der Waals surface area contributed by atoms with Crippen LogP contribution in [-0.2, 0) is 0 Å². The minimum atomic E-state index is -0.271. The third-order valence-electron chi connectivity index (χ3n) is 6.60. The van der Waals surface area contributed by atoms with Crippen LogP contribution in [0, 0.1) is 33.5 Å².